The molecule has 2 aliphatic heterocycles. The van der Waals surface area contributed by atoms with Crippen LogP contribution in [-0.2, 0) is 0 Å². The third kappa shape index (κ3) is 2.15. The Morgan fingerprint density at radius 1 is 1.23 bits per heavy atom. The molecule has 3 aliphatic rings. The number of ether oxygens (including phenoxy) is 2. The monoisotopic (exact) mass is 303 g/mol. The molecule has 0 aromatic heterocycles. The number of hydrogen-bond donors (Lipinski definition) is 1. The SMILES string of the molecule is O=C(c1ccc2c(c1)OCO2)N1CCC[C@@]2(CCC[C@H]2O)C1. The van der Waals surface area contributed by atoms with Crippen molar-refractivity contribution in [2.75, 3.05) is 19.9 Å². The van der Waals surface area contributed by atoms with E-state index in [0.717, 1.165) is 38.6 Å². The number of fused-ring (bicyclic) bond motifs is 1. The molecule has 0 radical (unpaired) electrons. The van der Waals surface area contributed by atoms with Gasteiger partial charge in [0.05, 0.1) is 6.10 Å². The van der Waals surface area contributed by atoms with Gasteiger partial charge < -0.3 is 19.5 Å². The van der Waals surface area contributed by atoms with Gasteiger partial charge >= 0.3 is 0 Å². The number of aliphatic hydroxyl groups excluding tert-OH is 1. The first-order valence-electron chi connectivity index (χ1n) is 8.05. The molecule has 1 aromatic carbocycles. The summed E-state index contributed by atoms with van der Waals surface area (Å²) in [5.41, 5.74) is 0.554. The Morgan fingerprint density at radius 3 is 2.86 bits per heavy atom. The lowest BCUT2D eigenvalue weighted by molar-refractivity contribution is -0.00536. The molecule has 1 amide bonds. The van der Waals surface area contributed by atoms with Crippen LogP contribution in [0.2, 0.25) is 0 Å². The van der Waals surface area contributed by atoms with Crippen LogP contribution in [-0.4, -0.2) is 41.9 Å². The van der Waals surface area contributed by atoms with Gasteiger partial charge in [-0.25, -0.2) is 0 Å². The Balaban J connectivity index is 1.55. The molecule has 1 N–H and O–H groups in total. The highest BCUT2D eigenvalue weighted by molar-refractivity contribution is 5.95. The first kappa shape index (κ1) is 13.9. The van der Waals surface area contributed by atoms with Crippen molar-refractivity contribution in [3.63, 3.8) is 0 Å². The lowest BCUT2D eigenvalue weighted by Crippen LogP contribution is -2.49. The van der Waals surface area contributed by atoms with Gasteiger partial charge in [0, 0.05) is 24.1 Å². The van der Waals surface area contributed by atoms with E-state index in [-0.39, 0.29) is 24.2 Å². The molecule has 1 aliphatic carbocycles. The van der Waals surface area contributed by atoms with E-state index in [9.17, 15) is 9.90 Å². The highest BCUT2D eigenvalue weighted by Crippen LogP contribution is 2.45. The van der Waals surface area contributed by atoms with Crippen LogP contribution in [0.15, 0.2) is 18.2 Å². The number of aliphatic hydroxyl groups is 1. The highest BCUT2D eigenvalue weighted by Gasteiger charge is 2.45. The number of carbonyl (C=O) groups is 1. The number of carbonyl (C=O) groups excluding carboxylic acids is 1. The predicted molar refractivity (Wildman–Crippen MR) is 80.0 cm³/mol. The van der Waals surface area contributed by atoms with E-state index >= 15 is 0 Å². The van der Waals surface area contributed by atoms with Gasteiger partial charge in [-0.05, 0) is 43.9 Å². The number of likely N-dealkylation sites (tertiary alicyclic amines) is 1. The van der Waals surface area contributed by atoms with Crippen molar-refractivity contribution in [2.24, 2.45) is 5.41 Å². The van der Waals surface area contributed by atoms with Crippen LogP contribution in [0.5, 0.6) is 11.5 Å². The van der Waals surface area contributed by atoms with Crippen LogP contribution < -0.4 is 9.47 Å². The zero-order chi connectivity index (χ0) is 15.2. The third-order valence-corrected chi connectivity index (χ3v) is 5.37. The Hall–Kier alpha value is -1.75. The minimum absolute atomic E-state index is 0.0245. The summed E-state index contributed by atoms with van der Waals surface area (Å²) in [6.45, 7) is 1.65. The van der Waals surface area contributed by atoms with Gasteiger partial charge in [0.2, 0.25) is 6.79 Å². The molecule has 2 atom stereocenters. The highest BCUT2D eigenvalue weighted by atomic mass is 16.7. The molecule has 0 bridgehead atoms. The molecular weight excluding hydrogens is 282 g/mol. The van der Waals surface area contributed by atoms with Crippen molar-refractivity contribution in [3.05, 3.63) is 23.8 Å². The molecule has 2 heterocycles. The van der Waals surface area contributed by atoms with Crippen molar-refractivity contribution < 1.29 is 19.4 Å². The minimum atomic E-state index is -0.264. The fraction of sp³-hybridized carbons (Fsp3) is 0.588. The molecule has 0 unspecified atom stereocenters. The summed E-state index contributed by atoms with van der Waals surface area (Å²) in [4.78, 5) is 14.7. The summed E-state index contributed by atoms with van der Waals surface area (Å²) in [5.74, 6) is 1.35. The third-order valence-electron chi connectivity index (χ3n) is 5.37. The van der Waals surface area contributed by atoms with Crippen LogP contribution in [0.3, 0.4) is 0 Å². The van der Waals surface area contributed by atoms with E-state index in [1.165, 1.54) is 0 Å². The number of benzene rings is 1. The quantitative estimate of drug-likeness (QED) is 0.864. The zero-order valence-corrected chi connectivity index (χ0v) is 12.6. The fourth-order valence-electron chi connectivity index (χ4n) is 4.14. The minimum Gasteiger partial charge on any atom is -0.454 e. The van der Waals surface area contributed by atoms with Crippen molar-refractivity contribution in [1.82, 2.24) is 4.90 Å². The van der Waals surface area contributed by atoms with E-state index < -0.39 is 0 Å². The van der Waals surface area contributed by atoms with E-state index in [1.807, 2.05) is 4.90 Å². The average molecular weight is 303 g/mol. The van der Waals surface area contributed by atoms with Gasteiger partial charge in [0.1, 0.15) is 0 Å². The van der Waals surface area contributed by atoms with E-state index in [0.29, 0.717) is 23.6 Å². The Bertz CT molecular complexity index is 602. The van der Waals surface area contributed by atoms with Gasteiger partial charge in [0.25, 0.3) is 5.91 Å². The van der Waals surface area contributed by atoms with E-state index in [2.05, 4.69) is 0 Å². The summed E-state index contributed by atoms with van der Waals surface area (Å²) >= 11 is 0. The van der Waals surface area contributed by atoms with Crippen molar-refractivity contribution in [3.8, 4) is 11.5 Å². The summed E-state index contributed by atoms with van der Waals surface area (Å²) in [5, 5.41) is 10.3. The van der Waals surface area contributed by atoms with Gasteiger partial charge in [-0.2, -0.15) is 0 Å². The van der Waals surface area contributed by atoms with Crippen LogP contribution in [0.25, 0.3) is 0 Å². The average Bonchev–Trinajstić information content (AvgIpc) is 3.14. The topological polar surface area (TPSA) is 59.0 Å². The number of piperidine rings is 1. The zero-order valence-electron chi connectivity index (χ0n) is 12.6. The first-order valence-corrected chi connectivity index (χ1v) is 8.05. The Labute approximate surface area is 129 Å². The fourth-order valence-corrected chi connectivity index (χ4v) is 4.14. The van der Waals surface area contributed by atoms with Crippen LogP contribution in [0.4, 0.5) is 0 Å². The second-order valence-corrected chi connectivity index (χ2v) is 6.67. The summed E-state index contributed by atoms with van der Waals surface area (Å²) < 4.78 is 10.6. The maximum Gasteiger partial charge on any atom is 0.254 e. The molecule has 1 spiro atoms. The maximum atomic E-state index is 12.8. The number of amides is 1. The molecule has 5 nitrogen and oxygen atoms in total. The molecule has 22 heavy (non-hydrogen) atoms. The molecule has 1 aromatic rings. The maximum absolute atomic E-state index is 12.8. The van der Waals surface area contributed by atoms with Crippen LogP contribution >= 0.6 is 0 Å². The molecule has 4 rings (SSSR count). The normalized spacial score (nSPS) is 30.0. The summed E-state index contributed by atoms with van der Waals surface area (Å²) in [7, 11) is 0. The smallest absolute Gasteiger partial charge is 0.254 e. The second-order valence-electron chi connectivity index (χ2n) is 6.67. The molecule has 2 fully saturated rings. The number of hydrogen-bond acceptors (Lipinski definition) is 4. The van der Waals surface area contributed by atoms with Crippen molar-refractivity contribution in [2.45, 2.75) is 38.2 Å². The largest absolute Gasteiger partial charge is 0.454 e. The molecule has 5 heteroatoms. The molecule has 118 valence electrons. The second kappa shape index (κ2) is 5.16. The van der Waals surface area contributed by atoms with Gasteiger partial charge in [-0.15, -0.1) is 0 Å². The lowest BCUT2D eigenvalue weighted by Gasteiger charge is -2.42. The van der Waals surface area contributed by atoms with Crippen molar-refractivity contribution in [1.29, 1.82) is 0 Å². The van der Waals surface area contributed by atoms with E-state index in [1.54, 1.807) is 18.2 Å². The Morgan fingerprint density at radius 2 is 2.05 bits per heavy atom. The number of rotatable bonds is 1. The Kier molecular flexibility index (Phi) is 3.26. The van der Waals surface area contributed by atoms with Crippen molar-refractivity contribution >= 4 is 5.91 Å². The lowest BCUT2D eigenvalue weighted by atomic mass is 9.76. The van der Waals surface area contributed by atoms with E-state index in [4.69, 9.17) is 9.47 Å². The van der Waals surface area contributed by atoms with Crippen LogP contribution in [0.1, 0.15) is 42.5 Å². The van der Waals surface area contributed by atoms with Crippen LogP contribution in [0, 0.1) is 5.41 Å². The molecule has 1 saturated carbocycles. The summed E-state index contributed by atoms with van der Waals surface area (Å²) in [6.07, 6.45) is 4.69. The molecule has 1 saturated heterocycles. The standard InChI is InChI=1S/C17H21NO4/c19-15-3-1-6-17(15)7-2-8-18(10-17)16(20)12-4-5-13-14(9-12)22-11-21-13/h4-5,9,15,19H,1-3,6-8,10-11H2/t15-,17+/m1/s1. The van der Waals surface area contributed by atoms with Gasteiger partial charge in [-0.1, -0.05) is 6.42 Å². The number of nitrogens with zero attached hydrogens (tertiary/aromatic N) is 1. The molecular formula is C17H21NO4. The van der Waals surface area contributed by atoms with Gasteiger partial charge in [-0.3, -0.25) is 4.79 Å². The summed E-state index contributed by atoms with van der Waals surface area (Å²) in [6, 6.07) is 5.35. The van der Waals surface area contributed by atoms with Gasteiger partial charge in [0.15, 0.2) is 11.5 Å². The first-order chi connectivity index (χ1) is 10.7. The predicted octanol–water partition coefficient (Wildman–Crippen LogP) is 2.18.